The number of benzene rings is 1. The van der Waals surface area contributed by atoms with Gasteiger partial charge in [0.05, 0.1) is 6.54 Å². The molecule has 0 aliphatic carbocycles. The molecule has 0 unspecified atom stereocenters. The summed E-state index contributed by atoms with van der Waals surface area (Å²) >= 11 is 0. The third kappa shape index (κ3) is 2.80. The Balaban J connectivity index is 1.74. The summed E-state index contributed by atoms with van der Waals surface area (Å²) in [6, 6.07) is 5.91. The van der Waals surface area contributed by atoms with E-state index in [1.807, 2.05) is 23.6 Å². The number of rotatable bonds is 4. The first-order valence-electron chi connectivity index (χ1n) is 7.26. The van der Waals surface area contributed by atoms with Crippen LogP contribution in [0.3, 0.4) is 0 Å². The van der Waals surface area contributed by atoms with Gasteiger partial charge in [-0.15, -0.1) is 10.2 Å². The minimum atomic E-state index is -0.0422. The van der Waals surface area contributed by atoms with Crippen molar-refractivity contribution in [1.82, 2.24) is 25.4 Å². The molecule has 0 fully saturated rings. The van der Waals surface area contributed by atoms with Gasteiger partial charge in [-0.05, 0) is 37.1 Å². The van der Waals surface area contributed by atoms with Gasteiger partial charge in [0.25, 0.3) is 5.91 Å². The molecule has 6 heteroatoms. The quantitative estimate of drug-likeness (QED) is 0.874. The van der Waals surface area contributed by atoms with Crippen LogP contribution in [0.25, 0.3) is 0 Å². The van der Waals surface area contributed by atoms with E-state index in [0.29, 0.717) is 6.54 Å². The molecule has 2 heterocycles. The number of carbonyl (C=O) groups excluding carboxylic acids is 1. The molecule has 21 heavy (non-hydrogen) atoms. The standard InChI is InChI=1S/C15H19N5O/c1-2-20-10-18-19-14(20)9-17-15(21)13-5-3-4-11-8-16-7-6-12(11)13/h3-5,10,16H,2,6-9H2,1H3,(H,17,21). The lowest BCUT2D eigenvalue weighted by Crippen LogP contribution is -2.29. The van der Waals surface area contributed by atoms with E-state index in [2.05, 4.69) is 26.9 Å². The number of fused-ring (bicyclic) bond motifs is 1. The molecule has 0 saturated carbocycles. The molecule has 1 aromatic heterocycles. The highest BCUT2D eigenvalue weighted by Crippen LogP contribution is 2.18. The second-order valence-electron chi connectivity index (χ2n) is 5.09. The van der Waals surface area contributed by atoms with Crippen LogP contribution in [0, 0.1) is 0 Å². The number of aromatic nitrogens is 3. The summed E-state index contributed by atoms with van der Waals surface area (Å²) in [6.07, 6.45) is 2.57. The lowest BCUT2D eigenvalue weighted by Gasteiger charge is -2.19. The molecule has 3 rings (SSSR count). The highest BCUT2D eigenvalue weighted by atomic mass is 16.1. The molecule has 2 N–H and O–H groups in total. The Morgan fingerprint density at radius 3 is 3.24 bits per heavy atom. The Bertz CT molecular complexity index is 649. The molecule has 1 aliphatic rings. The first kappa shape index (κ1) is 13.8. The molecule has 110 valence electrons. The zero-order chi connectivity index (χ0) is 14.7. The van der Waals surface area contributed by atoms with E-state index >= 15 is 0 Å². The van der Waals surface area contributed by atoms with E-state index in [-0.39, 0.29) is 5.91 Å². The number of hydrogen-bond donors (Lipinski definition) is 2. The SMILES string of the molecule is CCn1cnnc1CNC(=O)c1cccc2c1CCNC2. The van der Waals surface area contributed by atoms with E-state index in [0.717, 1.165) is 43.0 Å². The predicted molar refractivity (Wildman–Crippen MR) is 78.7 cm³/mol. The monoisotopic (exact) mass is 285 g/mol. The number of hydrogen-bond acceptors (Lipinski definition) is 4. The number of nitrogens with one attached hydrogen (secondary N) is 2. The second-order valence-corrected chi connectivity index (χ2v) is 5.09. The lowest BCUT2D eigenvalue weighted by atomic mass is 9.95. The van der Waals surface area contributed by atoms with Crippen LogP contribution in [0.5, 0.6) is 0 Å². The second kappa shape index (κ2) is 6.05. The Morgan fingerprint density at radius 1 is 1.48 bits per heavy atom. The Kier molecular flexibility index (Phi) is 3.96. The first-order chi connectivity index (χ1) is 10.3. The van der Waals surface area contributed by atoms with Gasteiger partial charge in [-0.2, -0.15) is 0 Å². The van der Waals surface area contributed by atoms with Gasteiger partial charge < -0.3 is 15.2 Å². The predicted octanol–water partition coefficient (Wildman–Crippen LogP) is 0.874. The van der Waals surface area contributed by atoms with Crippen LogP contribution >= 0.6 is 0 Å². The van der Waals surface area contributed by atoms with E-state index < -0.39 is 0 Å². The topological polar surface area (TPSA) is 71.8 Å². The average molecular weight is 285 g/mol. The third-order valence-electron chi connectivity index (χ3n) is 3.83. The largest absolute Gasteiger partial charge is 0.345 e. The van der Waals surface area contributed by atoms with Crippen molar-refractivity contribution in [1.29, 1.82) is 0 Å². The fourth-order valence-electron chi connectivity index (χ4n) is 2.68. The highest BCUT2D eigenvalue weighted by Gasteiger charge is 2.17. The average Bonchev–Trinajstić information content (AvgIpc) is 2.99. The van der Waals surface area contributed by atoms with Crippen molar-refractivity contribution in [3.05, 3.63) is 47.0 Å². The maximum absolute atomic E-state index is 12.4. The highest BCUT2D eigenvalue weighted by molar-refractivity contribution is 5.96. The van der Waals surface area contributed by atoms with Gasteiger partial charge in [-0.3, -0.25) is 4.79 Å². The van der Waals surface area contributed by atoms with Crippen molar-refractivity contribution < 1.29 is 4.79 Å². The summed E-state index contributed by atoms with van der Waals surface area (Å²) in [5, 5.41) is 14.2. The van der Waals surface area contributed by atoms with Crippen molar-refractivity contribution >= 4 is 5.91 Å². The van der Waals surface area contributed by atoms with E-state index in [4.69, 9.17) is 0 Å². The van der Waals surface area contributed by atoms with E-state index in [1.54, 1.807) is 6.33 Å². The summed E-state index contributed by atoms with van der Waals surface area (Å²) in [7, 11) is 0. The molecule has 0 bridgehead atoms. The summed E-state index contributed by atoms with van der Waals surface area (Å²) in [4.78, 5) is 12.4. The molecular weight excluding hydrogens is 266 g/mol. The van der Waals surface area contributed by atoms with Crippen LogP contribution in [0.1, 0.15) is 34.2 Å². The van der Waals surface area contributed by atoms with Crippen molar-refractivity contribution in [3.63, 3.8) is 0 Å². The van der Waals surface area contributed by atoms with E-state index in [1.165, 1.54) is 5.56 Å². The van der Waals surface area contributed by atoms with Gasteiger partial charge in [0.1, 0.15) is 6.33 Å². The summed E-state index contributed by atoms with van der Waals surface area (Å²) in [5.74, 6) is 0.733. The van der Waals surface area contributed by atoms with Crippen LogP contribution < -0.4 is 10.6 Å². The minimum Gasteiger partial charge on any atom is -0.345 e. The van der Waals surface area contributed by atoms with Gasteiger partial charge in [0.15, 0.2) is 5.82 Å². The van der Waals surface area contributed by atoms with Gasteiger partial charge in [0, 0.05) is 18.7 Å². The number of carbonyl (C=O) groups is 1. The Morgan fingerprint density at radius 2 is 2.38 bits per heavy atom. The minimum absolute atomic E-state index is 0.0422. The summed E-state index contributed by atoms with van der Waals surface area (Å²) in [6.45, 7) is 4.97. The van der Waals surface area contributed by atoms with Crippen LogP contribution in [0.15, 0.2) is 24.5 Å². The number of aryl methyl sites for hydroxylation is 1. The van der Waals surface area contributed by atoms with Crippen molar-refractivity contribution in [2.75, 3.05) is 6.54 Å². The van der Waals surface area contributed by atoms with Crippen LogP contribution in [0.2, 0.25) is 0 Å². The molecule has 1 amide bonds. The molecule has 0 atom stereocenters. The molecule has 0 radical (unpaired) electrons. The van der Waals surface area contributed by atoms with Crippen LogP contribution in [0.4, 0.5) is 0 Å². The lowest BCUT2D eigenvalue weighted by molar-refractivity contribution is 0.0948. The molecule has 0 saturated heterocycles. The number of nitrogens with zero attached hydrogens (tertiary/aromatic N) is 3. The summed E-state index contributed by atoms with van der Waals surface area (Å²) < 4.78 is 1.92. The first-order valence-corrected chi connectivity index (χ1v) is 7.26. The molecule has 1 aliphatic heterocycles. The zero-order valence-electron chi connectivity index (χ0n) is 12.1. The molecular formula is C15H19N5O. The van der Waals surface area contributed by atoms with E-state index in [9.17, 15) is 4.79 Å². The zero-order valence-corrected chi connectivity index (χ0v) is 12.1. The van der Waals surface area contributed by atoms with Crippen LogP contribution in [-0.2, 0) is 26.1 Å². The Labute approximate surface area is 123 Å². The van der Waals surface area contributed by atoms with Gasteiger partial charge in [-0.25, -0.2) is 0 Å². The molecule has 1 aromatic carbocycles. The van der Waals surface area contributed by atoms with Gasteiger partial charge >= 0.3 is 0 Å². The van der Waals surface area contributed by atoms with Crippen molar-refractivity contribution in [3.8, 4) is 0 Å². The fourth-order valence-corrected chi connectivity index (χ4v) is 2.68. The van der Waals surface area contributed by atoms with Gasteiger partial charge in [0.2, 0.25) is 0 Å². The van der Waals surface area contributed by atoms with Crippen LogP contribution in [-0.4, -0.2) is 27.2 Å². The maximum atomic E-state index is 12.4. The molecule has 6 nitrogen and oxygen atoms in total. The number of amides is 1. The van der Waals surface area contributed by atoms with Crippen molar-refractivity contribution in [2.24, 2.45) is 0 Å². The summed E-state index contributed by atoms with van der Waals surface area (Å²) in [5.41, 5.74) is 3.15. The Hall–Kier alpha value is -2.21. The fraction of sp³-hybridized carbons (Fsp3) is 0.400. The maximum Gasteiger partial charge on any atom is 0.251 e. The normalized spacial score (nSPS) is 13.8. The third-order valence-corrected chi connectivity index (χ3v) is 3.83. The van der Waals surface area contributed by atoms with Crippen molar-refractivity contribution in [2.45, 2.75) is 33.0 Å². The smallest absolute Gasteiger partial charge is 0.251 e. The molecule has 2 aromatic rings. The molecule has 0 spiro atoms. The van der Waals surface area contributed by atoms with Gasteiger partial charge in [-0.1, -0.05) is 12.1 Å².